The highest BCUT2D eigenvalue weighted by molar-refractivity contribution is 7.89. The van der Waals surface area contributed by atoms with Gasteiger partial charge in [-0.15, -0.1) is 5.10 Å². The van der Waals surface area contributed by atoms with Gasteiger partial charge in [0.25, 0.3) is 5.91 Å². The minimum Gasteiger partial charge on any atom is -0.403 e. The van der Waals surface area contributed by atoms with E-state index < -0.39 is 15.9 Å². The van der Waals surface area contributed by atoms with Crippen LogP contribution in [0.1, 0.15) is 24.2 Å². The smallest absolute Gasteiger partial charge is 0.322 e. The maximum atomic E-state index is 13.0. The summed E-state index contributed by atoms with van der Waals surface area (Å²) >= 11 is 12.0. The van der Waals surface area contributed by atoms with Gasteiger partial charge in [0.2, 0.25) is 15.9 Å². The van der Waals surface area contributed by atoms with Crippen LogP contribution in [0, 0.1) is 0 Å². The zero-order valence-corrected chi connectivity index (χ0v) is 20.0. The van der Waals surface area contributed by atoms with Gasteiger partial charge in [-0.25, -0.2) is 8.42 Å². The monoisotopic (exact) mass is 510 g/mol. The lowest BCUT2D eigenvalue weighted by Gasteiger charge is -2.34. The quantitative estimate of drug-likeness (QED) is 0.549. The summed E-state index contributed by atoms with van der Waals surface area (Å²) in [6.07, 6.45) is -0.397. The van der Waals surface area contributed by atoms with Gasteiger partial charge in [-0.05, 0) is 56.3 Å². The maximum absolute atomic E-state index is 13.0. The van der Waals surface area contributed by atoms with Gasteiger partial charge >= 0.3 is 6.01 Å². The Morgan fingerprint density at radius 3 is 2.24 bits per heavy atom. The first-order chi connectivity index (χ1) is 15.6. The molecule has 0 bridgehead atoms. The Morgan fingerprint density at radius 2 is 1.64 bits per heavy atom. The number of morpholine rings is 1. The van der Waals surface area contributed by atoms with Gasteiger partial charge < -0.3 is 9.15 Å². The van der Waals surface area contributed by atoms with Gasteiger partial charge in [-0.2, -0.15) is 4.31 Å². The topological polar surface area (TPSA) is 115 Å². The molecule has 2 unspecified atom stereocenters. The molecule has 2 heterocycles. The number of benzene rings is 2. The summed E-state index contributed by atoms with van der Waals surface area (Å²) in [5.74, 6) is -0.406. The lowest BCUT2D eigenvalue weighted by Crippen LogP contribution is -2.48. The van der Waals surface area contributed by atoms with Gasteiger partial charge in [-0.1, -0.05) is 28.3 Å². The summed E-state index contributed by atoms with van der Waals surface area (Å²) in [5, 5.41) is 11.0. The lowest BCUT2D eigenvalue weighted by atomic mass is 10.2. The SMILES string of the molecule is CC1CN(S(=O)(=O)c2ccc(C(=O)Nc3nnc(-c4cc(Cl)cc(Cl)c4)o3)cc2)CC(C)O1. The van der Waals surface area contributed by atoms with Crippen LogP contribution in [0.25, 0.3) is 11.5 Å². The summed E-state index contributed by atoms with van der Waals surface area (Å²) in [6, 6.07) is 10.3. The van der Waals surface area contributed by atoms with E-state index in [0.717, 1.165) is 0 Å². The van der Waals surface area contributed by atoms with Crippen molar-refractivity contribution >= 4 is 45.1 Å². The van der Waals surface area contributed by atoms with Crippen molar-refractivity contribution in [1.29, 1.82) is 0 Å². The van der Waals surface area contributed by atoms with Crippen molar-refractivity contribution in [2.75, 3.05) is 18.4 Å². The third-order valence-electron chi connectivity index (χ3n) is 4.90. The molecule has 1 N–H and O–H groups in total. The molecule has 2 atom stereocenters. The molecule has 12 heteroatoms. The Kier molecular flexibility index (Phi) is 6.73. The summed E-state index contributed by atoms with van der Waals surface area (Å²) < 4.78 is 38.4. The maximum Gasteiger partial charge on any atom is 0.322 e. The highest BCUT2D eigenvalue weighted by atomic mass is 35.5. The van der Waals surface area contributed by atoms with Crippen LogP contribution in [-0.4, -0.2) is 54.1 Å². The van der Waals surface area contributed by atoms with Crippen LogP contribution < -0.4 is 5.32 Å². The first-order valence-electron chi connectivity index (χ1n) is 9.99. The van der Waals surface area contributed by atoms with E-state index in [4.69, 9.17) is 32.4 Å². The Bertz CT molecular complexity index is 1250. The largest absolute Gasteiger partial charge is 0.403 e. The van der Waals surface area contributed by atoms with E-state index in [9.17, 15) is 13.2 Å². The number of anilines is 1. The Balaban J connectivity index is 1.46. The highest BCUT2D eigenvalue weighted by Crippen LogP contribution is 2.27. The summed E-state index contributed by atoms with van der Waals surface area (Å²) in [4.78, 5) is 12.7. The molecule has 9 nitrogen and oxygen atoms in total. The third kappa shape index (κ3) is 5.36. The van der Waals surface area contributed by atoms with Crippen LogP contribution in [0.5, 0.6) is 0 Å². The van der Waals surface area contributed by atoms with Crippen LogP contribution in [0.15, 0.2) is 51.8 Å². The van der Waals surface area contributed by atoms with Gasteiger partial charge in [0.1, 0.15) is 0 Å². The fourth-order valence-electron chi connectivity index (χ4n) is 3.49. The second-order valence-electron chi connectivity index (χ2n) is 7.63. The van der Waals surface area contributed by atoms with Crippen molar-refractivity contribution in [1.82, 2.24) is 14.5 Å². The van der Waals surface area contributed by atoms with E-state index in [1.807, 2.05) is 13.8 Å². The fraction of sp³-hybridized carbons (Fsp3) is 0.286. The van der Waals surface area contributed by atoms with Crippen molar-refractivity contribution in [2.45, 2.75) is 31.0 Å². The number of ether oxygens (including phenoxy) is 1. The second-order valence-corrected chi connectivity index (χ2v) is 10.4. The number of amides is 1. The molecule has 1 aliphatic heterocycles. The molecular formula is C21H20Cl2N4O5S. The minimum atomic E-state index is -3.70. The summed E-state index contributed by atoms with van der Waals surface area (Å²) in [6.45, 7) is 4.20. The zero-order valence-electron chi connectivity index (χ0n) is 17.7. The average Bonchev–Trinajstić information content (AvgIpc) is 3.21. The van der Waals surface area contributed by atoms with Gasteiger partial charge in [0, 0.05) is 34.3 Å². The number of nitrogens with one attached hydrogen (secondary N) is 1. The molecule has 1 fully saturated rings. The second kappa shape index (κ2) is 9.40. The molecule has 1 saturated heterocycles. The first-order valence-corrected chi connectivity index (χ1v) is 12.2. The van der Waals surface area contributed by atoms with Crippen LogP contribution in [0.4, 0.5) is 6.01 Å². The molecule has 0 spiro atoms. The van der Waals surface area contributed by atoms with E-state index in [1.165, 1.54) is 28.6 Å². The minimum absolute atomic E-state index is 0.0956. The molecule has 3 aromatic rings. The number of hydrogen-bond acceptors (Lipinski definition) is 7. The number of aromatic nitrogens is 2. The predicted molar refractivity (Wildman–Crippen MR) is 123 cm³/mol. The average molecular weight is 511 g/mol. The normalized spacial score (nSPS) is 19.4. The van der Waals surface area contributed by atoms with Crippen molar-refractivity contribution < 1.29 is 22.4 Å². The van der Waals surface area contributed by atoms with Crippen molar-refractivity contribution in [3.05, 3.63) is 58.1 Å². The number of carbonyl (C=O) groups is 1. The standard InChI is InChI=1S/C21H20Cl2N4O5S/c1-12-10-27(11-13(2)31-12)33(29,30)18-5-3-14(4-6-18)19(28)24-21-26-25-20(32-21)15-7-16(22)9-17(23)8-15/h3-9,12-13H,10-11H2,1-2H3,(H,24,26,28). The molecular weight excluding hydrogens is 491 g/mol. The number of nitrogens with zero attached hydrogens (tertiary/aromatic N) is 3. The van der Waals surface area contributed by atoms with E-state index in [0.29, 0.717) is 15.6 Å². The number of carbonyl (C=O) groups excluding carboxylic acids is 1. The lowest BCUT2D eigenvalue weighted by molar-refractivity contribution is -0.0440. The number of halogens is 2. The van der Waals surface area contributed by atoms with Gasteiger partial charge in [-0.3, -0.25) is 10.1 Å². The number of hydrogen-bond donors (Lipinski definition) is 1. The van der Waals surface area contributed by atoms with Crippen LogP contribution >= 0.6 is 23.2 Å². The van der Waals surface area contributed by atoms with Gasteiger partial charge in [0.05, 0.1) is 17.1 Å². The molecule has 1 aliphatic rings. The van der Waals surface area contributed by atoms with Crippen LogP contribution in [-0.2, 0) is 14.8 Å². The molecule has 0 saturated carbocycles. The number of sulfonamides is 1. The predicted octanol–water partition coefficient (Wildman–Crippen LogP) is 4.09. The molecule has 4 rings (SSSR count). The van der Waals surface area contributed by atoms with Crippen molar-refractivity contribution in [3.8, 4) is 11.5 Å². The molecule has 0 radical (unpaired) electrons. The zero-order chi connectivity index (χ0) is 23.8. The van der Waals surface area contributed by atoms with Crippen LogP contribution in [0.3, 0.4) is 0 Å². The van der Waals surface area contributed by atoms with Crippen molar-refractivity contribution in [2.24, 2.45) is 0 Å². The van der Waals surface area contributed by atoms with E-state index >= 15 is 0 Å². The molecule has 1 amide bonds. The van der Waals surface area contributed by atoms with Gasteiger partial charge in [0.15, 0.2) is 0 Å². The molecule has 1 aromatic heterocycles. The van der Waals surface area contributed by atoms with E-state index in [1.54, 1.807) is 18.2 Å². The third-order valence-corrected chi connectivity index (χ3v) is 7.18. The molecule has 2 aromatic carbocycles. The molecule has 174 valence electrons. The van der Waals surface area contributed by atoms with E-state index in [2.05, 4.69) is 15.5 Å². The number of rotatable bonds is 5. The highest BCUT2D eigenvalue weighted by Gasteiger charge is 2.32. The van der Waals surface area contributed by atoms with Crippen molar-refractivity contribution in [3.63, 3.8) is 0 Å². The molecule has 33 heavy (non-hydrogen) atoms. The fourth-order valence-corrected chi connectivity index (χ4v) is 5.61. The Labute approximate surface area is 200 Å². The first kappa shape index (κ1) is 23.7. The summed E-state index contributed by atoms with van der Waals surface area (Å²) in [7, 11) is -3.70. The summed E-state index contributed by atoms with van der Waals surface area (Å²) in [5.41, 5.74) is 0.727. The molecule has 0 aliphatic carbocycles. The Hall–Kier alpha value is -2.50. The van der Waals surface area contributed by atoms with E-state index in [-0.39, 0.29) is 47.7 Å². The van der Waals surface area contributed by atoms with Crippen LogP contribution in [0.2, 0.25) is 10.0 Å². The Morgan fingerprint density at radius 1 is 1.03 bits per heavy atom.